The summed E-state index contributed by atoms with van der Waals surface area (Å²) >= 11 is 31.3. The Morgan fingerprint density at radius 3 is 0.673 bits per heavy atom. The van der Waals surface area contributed by atoms with Gasteiger partial charge in [-0.3, -0.25) is 48.9 Å². The standard InChI is InChI=1S/2C21H17ClF3N3O2.C21H17ClF3N3O.2C20H15ClF3N3O2/c2*1-3-30-14-5-8-18(26-11-14)16-10-13(4-7-17(16)22)28-20(29)15-6-9-19(21(23,24)25)27-12(15)2;1-3-13-8-9-26-18(10-13)16-11-14(4-6-17(16)22)28-20(29)15-5-7-19(21(23,24)25)27-12(15)2;2*1-11-14(5-8-18(26-11)20(22,23)24)19(28)27-12-3-6-16(21)15(9-12)17-7-4-13(29-2)10-25-17/h2*4-11H,3H2,1-2H3,(H,28,29);4-11H,3H2,1-2H3,(H,28,29);2*3-10H,1-2H3,(H,27,28). The average Bonchev–Trinajstić information content (AvgIpc) is 0.846. The van der Waals surface area contributed by atoms with Gasteiger partial charge in [0.25, 0.3) is 29.5 Å². The van der Waals surface area contributed by atoms with Crippen LogP contribution in [0.15, 0.2) is 243 Å². The highest BCUT2D eigenvalue weighted by Crippen LogP contribution is 2.40. The Kier molecular flexibility index (Phi) is 37.3. The van der Waals surface area contributed by atoms with Crippen molar-refractivity contribution in [3.63, 3.8) is 0 Å². The second-order valence-electron chi connectivity index (χ2n) is 31.1. The number of rotatable bonds is 22. The molecule has 24 nitrogen and oxygen atoms in total. The number of alkyl halides is 15. The SMILES string of the molecule is CCOc1ccc(-c2cc(NC(=O)c3ccc(C(F)(F)F)nc3C)ccc2Cl)nc1.CCOc1ccc(-c2cc(NC(=O)c3ccc(C(F)(F)F)nc3C)ccc2Cl)nc1.CCc1ccnc(-c2cc(NC(=O)c3ccc(C(F)(F)F)nc3C)ccc2Cl)c1.COc1ccc(-c2cc(NC(=O)c3ccc(C(F)(F)F)nc3C)ccc2Cl)nc1.COc1ccc(-c2cc(NC(=O)c3ccc(C(F)(F)F)nc3C)ccc2Cl)nc1. The maximum absolute atomic E-state index is 12.8. The number of carbonyl (C=O) groups excluding carboxylic acids is 5. The van der Waals surface area contributed by atoms with Crippen molar-refractivity contribution in [3.8, 4) is 79.3 Å². The molecule has 0 aliphatic heterocycles. The predicted molar refractivity (Wildman–Crippen MR) is 528 cm³/mol. The highest BCUT2D eigenvalue weighted by atomic mass is 35.5. The summed E-state index contributed by atoms with van der Waals surface area (Å²) < 4.78 is 212. The number of halogens is 20. The van der Waals surface area contributed by atoms with E-state index in [1.54, 1.807) is 158 Å². The molecule has 0 saturated carbocycles. The molecule has 0 saturated heterocycles. The van der Waals surface area contributed by atoms with Crippen molar-refractivity contribution in [2.75, 3.05) is 54.0 Å². The van der Waals surface area contributed by atoms with E-state index < -0.39 is 88.9 Å². The topological polar surface area (TPSA) is 311 Å². The third-order valence-electron chi connectivity index (χ3n) is 20.9. The first-order chi connectivity index (χ1) is 69.4. The molecule has 0 spiro atoms. The number of ether oxygens (including phenoxy) is 4. The minimum atomic E-state index is -4.57. The van der Waals surface area contributed by atoms with Crippen LogP contribution >= 0.6 is 58.0 Å². The zero-order chi connectivity index (χ0) is 107. The highest BCUT2D eigenvalue weighted by Gasteiger charge is 2.38. The number of nitrogens with one attached hydrogen (secondary N) is 5. The summed E-state index contributed by atoms with van der Waals surface area (Å²) in [6.45, 7) is 13.5. The molecule has 0 atom stereocenters. The van der Waals surface area contributed by atoms with Crippen LogP contribution in [0.1, 0.15) is 135 Å². The molecule has 15 aromatic rings. The molecule has 15 rings (SSSR count). The number of pyridine rings is 10. The van der Waals surface area contributed by atoms with Gasteiger partial charge in [-0.05, 0) is 273 Å². The zero-order valence-corrected chi connectivity index (χ0v) is 82.2. The van der Waals surface area contributed by atoms with Crippen molar-refractivity contribution >= 4 is 116 Å². The molecule has 0 aliphatic rings. The van der Waals surface area contributed by atoms with E-state index in [-0.39, 0.29) is 56.3 Å². The Morgan fingerprint density at radius 2 is 0.490 bits per heavy atom. The molecule has 147 heavy (non-hydrogen) atoms. The molecule has 5 amide bonds. The summed E-state index contributed by atoms with van der Waals surface area (Å²) in [7, 11) is 3.05. The van der Waals surface area contributed by atoms with Crippen molar-refractivity contribution in [1.29, 1.82) is 0 Å². The first-order valence-electron chi connectivity index (χ1n) is 43.4. The van der Waals surface area contributed by atoms with Gasteiger partial charge in [0.2, 0.25) is 0 Å². The number of aryl methyl sites for hydroxylation is 6. The second-order valence-corrected chi connectivity index (χ2v) is 33.1. The first-order valence-corrected chi connectivity index (χ1v) is 45.3. The van der Waals surface area contributed by atoms with Gasteiger partial charge < -0.3 is 45.5 Å². The van der Waals surface area contributed by atoms with Crippen molar-refractivity contribution in [2.24, 2.45) is 0 Å². The summed E-state index contributed by atoms with van der Waals surface area (Å²) in [6.07, 6.45) is -14.1. The van der Waals surface area contributed by atoms with Crippen LogP contribution in [0, 0.1) is 34.6 Å². The van der Waals surface area contributed by atoms with Crippen LogP contribution in [0.5, 0.6) is 23.0 Å². The minimum absolute atomic E-state index is 0.0103. The lowest BCUT2D eigenvalue weighted by Crippen LogP contribution is -2.16. The van der Waals surface area contributed by atoms with Gasteiger partial charge in [0.1, 0.15) is 51.5 Å². The van der Waals surface area contributed by atoms with Crippen molar-refractivity contribution in [2.45, 2.75) is 92.7 Å². The Hall–Kier alpha value is -15.5. The van der Waals surface area contributed by atoms with E-state index in [1.807, 2.05) is 32.9 Å². The Balaban J connectivity index is 0.000000175. The lowest BCUT2D eigenvalue weighted by atomic mass is 10.1. The minimum Gasteiger partial charge on any atom is -0.495 e. The number of anilines is 5. The molecule has 0 unspecified atom stereocenters. The smallest absolute Gasteiger partial charge is 0.433 e. The average molecular weight is 2140 g/mol. The molecule has 762 valence electrons. The molecule has 0 radical (unpaired) electrons. The molecule has 10 aromatic heterocycles. The fraction of sp³-hybridized carbons (Fsp3) is 0.175. The number of hydrogen-bond donors (Lipinski definition) is 5. The molecule has 44 heteroatoms. The van der Waals surface area contributed by atoms with Crippen LogP contribution in [0.4, 0.5) is 94.3 Å². The van der Waals surface area contributed by atoms with Gasteiger partial charge in [0.15, 0.2) is 0 Å². The summed E-state index contributed by atoms with van der Waals surface area (Å²) in [5.41, 5.74) is 3.96. The van der Waals surface area contributed by atoms with Gasteiger partial charge in [-0.2, -0.15) is 65.9 Å². The van der Waals surface area contributed by atoms with Crippen LogP contribution in [-0.4, -0.2) is 107 Å². The van der Waals surface area contributed by atoms with Gasteiger partial charge in [-0.15, -0.1) is 0 Å². The Morgan fingerprint density at radius 1 is 0.272 bits per heavy atom. The lowest BCUT2D eigenvalue weighted by Gasteiger charge is -2.12. The molecule has 5 N–H and O–H groups in total. The Labute approximate surface area is 854 Å². The van der Waals surface area contributed by atoms with Crippen LogP contribution < -0.4 is 45.5 Å². The lowest BCUT2D eigenvalue weighted by molar-refractivity contribution is -0.142. The largest absolute Gasteiger partial charge is 0.495 e. The number of benzene rings is 5. The van der Waals surface area contributed by atoms with Gasteiger partial charge in [-0.1, -0.05) is 64.9 Å². The van der Waals surface area contributed by atoms with Crippen LogP contribution in [0.25, 0.3) is 56.3 Å². The van der Waals surface area contributed by atoms with Gasteiger partial charge >= 0.3 is 30.9 Å². The van der Waals surface area contributed by atoms with E-state index in [0.717, 1.165) is 72.6 Å². The van der Waals surface area contributed by atoms with Crippen molar-refractivity contribution in [3.05, 3.63) is 359 Å². The molecular formula is C103H81Cl5F15N15O9. The normalized spacial score (nSPS) is 11.3. The van der Waals surface area contributed by atoms with Gasteiger partial charge in [0, 0.05) is 62.5 Å². The molecule has 10 heterocycles. The van der Waals surface area contributed by atoms with E-state index in [1.165, 1.54) is 61.2 Å². The van der Waals surface area contributed by atoms with E-state index in [9.17, 15) is 89.8 Å². The van der Waals surface area contributed by atoms with Crippen molar-refractivity contribution in [1.82, 2.24) is 49.8 Å². The number of aromatic nitrogens is 10. The molecule has 5 aromatic carbocycles. The maximum Gasteiger partial charge on any atom is 0.433 e. The van der Waals surface area contributed by atoms with E-state index in [2.05, 4.69) is 76.4 Å². The summed E-state index contributed by atoms with van der Waals surface area (Å²) in [5, 5.41) is 15.5. The third kappa shape index (κ3) is 30.4. The van der Waals surface area contributed by atoms with Crippen LogP contribution in [0.3, 0.4) is 0 Å². The fourth-order valence-corrected chi connectivity index (χ4v) is 14.6. The third-order valence-corrected chi connectivity index (χ3v) is 22.5. The van der Waals surface area contributed by atoms with Crippen LogP contribution in [0.2, 0.25) is 25.1 Å². The second kappa shape index (κ2) is 49.0. The highest BCUT2D eigenvalue weighted by molar-refractivity contribution is 6.35. The maximum atomic E-state index is 12.8. The first kappa shape index (κ1) is 112. The van der Waals surface area contributed by atoms with Gasteiger partial charge in [-0.25, -0.2) is 24.9 Å². The van der Waals surface area contributed by atoms with E-state index in [4.69, 9.17) is 77.0 Å². The Bertz CT molecular complexity index is 6960. The van der Waals surface area contributed by atoms with E-state index in [0.29, 0.717) is 146 Å². The number of carbonyl (C=O) groups is 5. The molecular weight excluding hydrogens is 2050 g/mol. The quantitative estimate of drug-likeness (QED) is 0.0394. The number of amides is 5. The monoisotopic (exact) mass is 2130 g/mol. The number of methoxy groups -OCH3 is 2. The molecule has 0 bridgehead atoms. The van der Waals surface area contributed by atoms with E-state index >= 15 is 0 Å². The predicted octanol–water partition coefficient (Wildman–Crippen LogP) is 28.3. The molecule has 0 aliphatic carbocycles. The number of hydrogen-bond acceptors (Lipinski definition) is 19. The van der Waals surface area contributed by atoms with Crippen LogP contribution in [-0.2, 0) is 37.3 Å². The van der Waals surface area contributed by atoms with Gasteiger partial charge in [0.05, 0.1) is 162 Å². The summed E-state index contributed by atoms with van der Waals surface area (Å²) in [4.78, 5) is 102. The number of nitrogens with zero attached hydrogens (tertiary/aromatic N) is 10. The summed E-state index contributed by atoms with van der Waals surface area (Å²) in [5.74, 6) is -0.492. The molecule has 0 fully saturated rings. The fourth-order valence-electron chi connectivity index (χ4n) is 13.5. The van der Waals surface area contributed by atoms with Crippen molar-refractivity contribution < 1.29 is 109 Å². The summed E-state index contributed by atoms with van der Waals surface area (Å²) in [6, 6.07) is 51.3. The zero-order valence-electron chi connectivity index (χ0n) is 78.4.